The molecule has 0 saturated heterocycles. The van der Waals surface area contributed by atoms with Gasteiger partial charge in [-0.1, -0.05) is 32.0 Å². The molecular weight excluding hydrogens is 366 g/mol. The first-order valence-electron chi connectivity index (χ1n) is 9.97. The Kier molecular flexibility index (Phi) is 7.00. The van der Waals surface area contributed by atoms with Crippen molar-refractivity contribution in [3.63, 3.8) is 0 Å². The molecule has 0 saturated carbocycles. The number of fused-ring (bicyclic) bond motifs is 1. The number of hydrogen-bond acceptors (Lipinski definition) is 5. The zero-order chi connectivity index (χ0) is 20.6. The van der Waals surface area contributed by atoms with Gasteiger partial charge in [-0.3, -0.25) is 9.78 Å². The van der Waals surface area contributed by atoms with E-state index in [0.29, 0.717) is 42.4 Å². The van der Waals surface area contributed by atoms with Gasteiger partial charge in [0.2, 0.25) is 0 Å². The van der Waals surface area contributed by atoms with Crippen LogP contribution in [0.5, 0.6) is 11.5 Å². The molecule has 3 rings (SSSR count). The molecule has 0 radical (unpaired) electrons. The van der Waals surface area contributed by atoms with Crippen molar-refractivity contribution in [1.29, 1.82) is 0 Å². The monoisotopic (exact) mass is 393 g/mol. The van der Waals surface area contributed by atoms with E-state index in [1.807, 2.05) is 42.5 Å². The zero-order valence-corrected chi connectivity index (χ0v) is 17.2. The van der Waals surface area contributed by atoms with Crippen molar-refractivity contribution in [2.45, 2.75) is 33.2 Å². The molecule has 1 aromatic heterocycles. The molecule has 0 N–H and O–H groups in total. The average Bonchev–Trinajstić information content (AvgIpc) is 2.76. The highest BCUT2D eigenvalue weighted by Gasteiger charge is 2.18. The summed E-state index contributed by atoms with van der Waals surface area (Å²) in [6.45, 7) is 5.84. The SMILES string of the molecule is CCCOc1ccc(CN(CCC)C(=O)c2cnc3ccccc3n2)cc1OC. The van der Waals surface area contributed by atoms with Gasteiger partial charge in [-0.15, -0.1) is 0 Å². The van der Waals surface area contributed by atoms with Gasteiger partial charge in [0.15, 0.2) is 11.5 Å². The third kappa shape index (κ3) is 5.02. The molecule has 0 bridgehead atoms. The van der Waals surface area contributed by atoms with Crippen LogP contribution in [-0.4, -0.2) is 41.0 Å². The van der Waals surface area contributed by atoms with Crippen molar-refractivity contribution >= 4 is 16.9 Å². The van der Waals surface area contributed by atoms with E-state index in [0.717, 1.165) is 23.9 Å². The molecule has 0 fully saturated rings. The highest BCUT2D eigenvalue weighted by molar-refractivity contribution is 5.93. The minimum absolute atomic E-state index is 0.129. The molecule has 0 aliphatic rings. The van der Waals surface area contributed by atoms with Crippen LogP contribution in [-0.2, 0) is 6.54 Å². The molecule has 1 heterocycles. The van der Waals surface area contributed by atoms with Crippen LogP contribution >= 0.6 is 0 Å². The van der Waals surface area contributed by atoms with Crippen LogP contribution in [0.15, 0.2) is 48.7 Å². The second-order valence-corrected chi connectivity index (χ2v) is 6.80. The van der Waals surface area contributed by atoms with E-state index < -0.39 is 0 Å². The highest BCUT2D eigenvalue weighted by atomic mass is 16.5. The largest absolute Gasteiger partial charge is 0.493 e. The van der Waals surface area contributed by atoms with E-state index in [9.17, 15) is 4.79 Å². The summed E-state index contributed by atoms with van der Waals surface area (Å²) in [7, 11) is 1.62. The average molecular weight is 393 g/mol. The maximum atomic E-state index is 13.1. The molecule has 6 heteroatoms. The predicted octanol–water partition coefficient (Wildman–Crippen LogP) is 4.48. The molecule has 6 nitrogen and oxygen atoms in total. The van der Waals surface area contributed by atoms with Crippen LogP contribution in [0.25, 0.3) is 11.0 Å². The molecule has 0 aliphatic carbocycles. The van der Waals surface area contributed by atoms with Gasteiger partial charge < -0.3 is 14.4 Å². The fourth-order valence-electron chi connectivity index (χ4n) is 3.11. The quantitative estimate of drug-likeness (QED) is 0.536. The van der Waals surface area contributed by atoms with Crippen LogP contribution in [0.3, 0.4) is 0 Å². The lowest BCUT2D eigenvalue weighted by Crippen LogP contribution is -2.32. The molecule has 29 heavy (non-hydrogen) atoms. The van der Waals surface area contributed by atoms with Gasteiger partial charge in [0.25, 0.3) is 5.91 Å². The third-order valence-electron chi connectivity index (χ3n) is 4.51. The lowest BCUT2D eigenvalue weighted by atomic mass is 10.1. The van der Waals surface area contributed by atoms with Gasteiger partial charge in [-0.2, -0.15) is 0 Å². The number of rotatable bonds is 9. The number of ether oxygens (including phenoxy) is 2. The Hall–Kier alpha value is -3.15. The van der Waals surface area contributed by atoms with Gasteiger partial charge in [0.05, 0.1) is 30.9 Å². The van der Waals surface area contributed by atoms with E-state index in [1.54, 1.807) is 18.2 Å². The van der Waals surface area contributed by atoms with Crippen molar-refractivity contribution in [2.75, 3.05) is 20.3 Å². The Morgan fingerprint density at radius 2 is 1.83 bits per heavy atom. The van der Waals surface area contributed by atoms with Gasteiger partial charge in [-0.05, 0) is 42.7 Å². The summed E-state index contributed by atoms with van der Waals surface area (Å²) >= 11 is 0. The molecule has 0 unspecified atom stereocenters. The predicted molar refractivity (Wildman–Crippen MR) is 113 cm³/mol. The van der Waals surface area contributed by atoms with E-state index >= 15 is 0 Å². The molecule has 3 aromatic rings. The van der Waals surface area contributed by atoms with Crippen molar-refractivity contribution < 1.29 is 14.3 Å². The van der Waals surface area contributed by atoms with Crippen molar-refractivity contribution in [2.24, 2.45) is 0 Å². The minimum Gasteiger partial charge on any atom is -0.493 e. The van der Waals surface area contributed by atoms with E-state index in [1.165, 1.54) is 0 Å². The number of nitrogens with zero attached hydrogens (tertiary/aromatic N) is 3. The lowest BCUT2D eigenvalue weighted by molar-refractivity contribution is 0.0737. The van der Waals surface area contributed by atoms with E-state index in [2.05, 4.69) is 23.8 Å². The van der Waals surface area contributed by atoms with Crippen LogP contribution in [0, 0.1) is 0 Å². The van der Waals surface area contributed by atoms with Crippen molar-refractivity contribution in [3.05, 3.63) is 59.9 Å². The molecule has 0 aliphatic heterocycles. The molecule has 152 valence electrons. The molecule has 0 spiro atoms. The van der Waals surface area contributed by atoms with Gasteiger partial charge >= 0.3 is 0 Å². The van der Waals surface area contributed by atoms with Crippen molar-refractivity contribution in [1.82, 2.24) is 14.9 Å². The Morgan fingerprint density at radius 1 is 1.03 bits per heavy atom. The summed E-state index contributed by atoms with van der Waals surface area (Å²) in [5.74, 6) is 1.26. The number of carbonyl (C=O) groups excluding carboxylic acids is 1. The van der Waals surface area contributed by atoms with E-state index in [4.69, 9.17) is 9.47 Å². The number of benzene rings is 2. The summed E-state index contributed by atoms with van der Waals surface area (Å²) in [4.78, 5) is 23.8. The van der Waals surface area contributed by atoms with Crippen LogP contribution in [0.1, 0.15) is 42.7 Å². The van der Waals surface area contributed by atoms with Gasteiger partial charge in [0, 0.05) is 13.1 Å². The summed E-state index contributed by atoms with van der Waals surface area (Å²) < 4.78 is 11.2. The number of amides is 1. The topological polar surface area (TPSA) is 64.5 Å². The first kappa shape index (κ1) is 20.6. The van der Waals surface area contributed by atoms with Gasteiger partial charge in [-0.25, -0.2) is 4.98 Å². The number of para-hydroxylation sites is 2. The Labute approximate surface area is 171 Å². The fraction of sp³-hybridized carbons (Fsp3) is 0.348. The molecule has 2 aromatic carbocycles. The number of carbonyl (C=O) groups is 1. The summed E-state index contributed by atoms with van der Waals surface area (Å²) in [5.41, 5.74) is 2.82. The molecular formula is C23H27N3O3. The summed E-state index contributed by atoms with van der Waals surface area (Å²) in [6, 6.07) is 13.3. The Bertz CT molecular complexity index is 974. The number of aromatic nitrogens is 2. The maximum absolute atomic E-state index is 13.1. The first-order chi connectivity index (χ1) is 14.2. The Morgan fingerprint density at radius 3 is 2.55 bits per heavy atom. The van der Waals surface area contributed by atoms with Crippen molar-refractivity contribution in [3.8, 4) is 11.5 Å². The third-order valence-corrected chi connectivity index (χ3v) is 4.51. The lowest BCUT2D eigenvalue weighted by Gasteiger charge is -2.22. The van der Waals surface area contributed by atoms with E-state index in [-0.39, 0.29) is 5.91 Å². The summed E-state index contributed by atoms with van der Waals surface area (Å²) in [6.07, 6.45) is 3.33. The first-order valence-corrected chi connectivity index (χ1v) is 9.97. The second-order valence-electron chi connectivity index (χ2n) is 6.80. The number of methoxy groups -OCH3 is 1. The van der Waals surface area contributed by atoms with Crippen LogP contribution < -0.4 is 9.47 Å². The maximum Gasteiger partial charge on any atom is 0.274 e. The fourth-order valence-corrected chi connectivity index (χ4v) is 3.11. The number of hydrogen-bond donors (Lipinski definition) is 0. The Balaban J connectivity index is 1.82. The second kappa shape index (κ2) is 9.87. The molecule has 1 amide bonds. The molecule has 0 atom stereocenters. The smallest absolute Gasteiger partial charge is 0.274 e. The standard InChI is InChI=1S/C23H27N3O3/c1-4-12-26(16-17-10-11-21(29-13-5-2)22(14-17)28-3)23(27)20-15-24-18-8-6-7-9-19(18)25-20/h6-11,14-15H,4-5,12-13,16H2,1-3H3. The summed E-state index contributed by atoms with van der Waals surface area (Å²) in [5, 5.41) is 0. The van der Waals surface area contributed by atoms with Crippen LogP contribution in [0.4, 0.5) is 0 Å². The minimum atomic E-state index is -0.129. The zero-order valence-electron chi connectivity index (χ0n) is 17.2. The van der Waals surface area contributed by atoms with Gasteiger partial charge in [0.1, 0.15) is 5.69 Å². The van der Waals surface area contributed by atoms with Crippen LogP contribution in [0.2, 0.25) is 0 Å². The highest BCUT2D eigenvalue weighted by Crippen LogP contribution is 2.29. The normalized spacial score (nSPS) is 10.7.